The summed E-state index contributed by atoms with van der Waals surface area (Å²) in [5.41, 5.74) is 0.522. The van der Waals surface area contributed by atoms with Crippen LogP contribution in [0.4, 0.5) is 4.39 Å². The first kappa shape index (κ1) is 13.3. The van der Waals surface area contributed by atoms with Crippen molar-refractivity contribution in [3.63, 3.8) is 0 Å². The molecule has 2 rings (SSSR count). The number of carboxylic acids is 1. The van der Waals surface area contributed by atoms with Crippen LogP contribution in [-0.4, -0.2) is 29.1 Å². The molecule has 1 aromatic carbocycles. The molecule has 1 fully saturated rings. The van der Waals surface area contributed by atoms with Crippen LogP contribution in [0.5, 0.6) is 0 Å². The second kappa shape index (κ2) is 5.67. The third-order valence-corrected chi connectivity index (χ3v) is 3.57. The van der Waals surface area contributed by atoms with Crippen LogP contribution in [0.15, 0.2) is 18.2 Å². The average Bonchev–Trinajstić information content (AvgIpc) is 2.35. The second-order valence-electron chi connectivity index (χ2n) is 4.63. The van der Waals surface area contributed by atoms with Crippen LogP contribution in [-0.2, 0) is 11.3 Å². The molecule has 0 aromatic heterocycles. The van der Waals surface area contributed by atoms with E-state index < -0.39 is 11.8 Å². The van der Waals surface area contributed by atoms with Crippen molar-refractivity contribution in [2.45, 2.75) is 19.4 Å². The second-order valence-corrected chi connectivity index (χ2v) is 5.03. The van der Waals surface area contributed by atoms with E-state index in [2.05, 4.69) is 0 Å². The van der Waals surface area contributed by atoms with Gasteiger partial charge in [0.2, 0.25) is 0 Å². The number of benzene rings is 1. The zero-order chi connectivity index (χ0) is 13.1. The van der Waals surface area contributed by atoms with Crippen LogP contribution in [0.2, 0.25) is 5.02 Å². The Morgan fingerprint density at radius 1 is 1.56 bits per heavy atom. The average molecular weight is 272 g/mol. The number of carboxylic acid groups (broad SMARTS) is 1. The molecular formula is C13H15ClFNO2. The van der Waals surface area contributed by atoms with Gasteiger partial charge in [-0.2, -0.15) is 0 Å². The number of rotatable bonds is 3. The van der Waals surface area contributed by atoms with Gasteiger partial charge in [-0.3, -0.25) is 9.69 Å². The van der Waals surface area contributed by atoms with Crippen molar-refractivity contribution in [3.8, 4) is 0 Å². The van der Waals surface area contributed by atoms with Gasteiger partial charge in [0.05, 0.1) is 10.9 Å². The Morgan fingerprint density at radius 2 is 2.33 bits per heavy atom. The Balaban J connectivity index is 2.05. The van der Waals surface area contributed by atoms with Crippen molar-refractivity contribution in [3.05, 3.63) is 34.6 Å². The highest BCUT2D eigenvalue weighted by atomic mass is 35.5. The molecule has 1 N–H and O–H groups in total. The molecule has 1 aliphatic heterocycles. The molecule has 0 spiro atoms. The summed E-state index contributed by atoms with van der Waals surface area (Å²) in [6.45, 7) is 1.69. The van der Waals surface area contributed by atoms with Gasteiger partial charge in [0.15, 0.2) is 0 Å². The maximum atomic E-state index is 13.7. The van der Waals surface area contributed by atoms with E-state index in [0.717, 1.165) is 13.0 Å². The van der Waals surface area contributed by atoms with E-state index in [9.17, 15) is 9.18 Å². The van der Waals surface area contributed by atoms with Gasteiger partial charge in [0.1, 0.15) is 5.82 Å². The van der Waals surface area contributed by atoms with Crippen molar-refractivity contribution in [1.29, 1.82) is 0 Å². The maximum Gasteiger partial charge on any atom is 0.307 e. The van der Waals surface area contributed by atoms with Gasteiger partial charge in [-0.15, -0.1) is 0 Å². The third kappa shape index (κ3) is 3.00. The van der Waals surface area contributed by atoms with Gasteiger partial charge >= 0.3 is 5.97 Å². The zero-order valence-electron chi connectivity index (χ0n) is 9.90. The molecular weight excluding hydrogens is 257 g/mol. The van der Waals surface area contributed by atoms with E-state index in [1.54, 1.807) is 12.1 Å². The Bertz CT molecular complexity index is 453. The minimum absolute atomic E-state index is 0.110. The number of nitrogens with zero attached hydrogens (tertiary/aromatic N) is 1. The number of hydrogen-bond donors (Lipinski definition) is 1. The fourth-order valence-electron chi connectivity index (χ4n) is 2.31. The van der Waals surface area contributed by atoms with Crippen molar-refractivity contribution in [2.75, 3.05) is 13.1 Å². The minimum atomic E-state index is -0.772. The lowest BCUT2D eigenvalue weighted by Crippen LogP contribution is -2.38. The molecule has 98 valence electrons. The van der Waals surface area contributed by atoms with Crippen LogP contribution in [0.25, 0.3) is 0 Å². The monoisotopic (exact) mass is 271 g/mol. The van der Waals surface area contributed by atoms with E-state index in [1.165, 1.54) is 6.07 Å². The van der Waals surface area contributed by atoms with E-state index in [-0.39, 0.29) is 10.9 Å². The summed E-state index contributed by atoms with van der Waals surface area (Å²) in [6.07, 6.45) is 1.53. The van der Waals surface area contributed by atoms with E-state index in [0.29, 0.717) is 25.1 Å². The predicted octanol–water partition coefficient (Wildman–Crippen LogP) is 2.78. The molecule has 1 aromatic rings. The lowest BCUT2D eigenvalue weighted by Gasteiger charge is -2.30. The lowest BCUT2D eigenvalue weighted by atomic mass is 9.98. The normalized spacial score (nSPS) is 20.9. The van der Waals surface area contributed by atoms with Crippen LogP contribution >= 0.6 is 11.6 Å². The van der Waals surface area contributed by atoms with Gasteiger partial charge in [0, 0.05) is 18.7 Å². The SMILES string of the molecule is O=C(O)C1CCCN(Cc2cccc(Cl)c2F)C1. The molecule has 0 aliphatic carbocycles. The summed E-state index contributed by atoms with van der Waals surface area (Å²) in [7, 11) is 0. The van der Waals surface area contributed by atoms with Crippen molar-refractivity contribution < 1.29 is 14.3 Å². The summed E-state index contributed by atoms with van der Waals surface area (Å²) in [4.78, 5) is 12.9. The predicted molar refractivity (Wildman–Crippen MR) is 67.0 cm³/mol. The largest absolute Gasteiger partial charge is 0.481 e. The number of aliphatic carboxylic acids is 1. The van der Waals surface area contributed by atoms with Gasteiger partial charge in [-0.05, 0) is 25.5 Å². The third-order valence-electron chi connectivity index (χ3n) is 3.28. The first-order chi connectivity index (χ1) is 8.58. The van der Waals surface area contributed by atoms with Gasteiger partial charge in [0.25, 0.3) is 0 Å². The summed E-state index contributed by atoms with van der Waals surface area (Å²) in [5, 5.41) is 9.11. The standard InChI is InChI=1S/C13H15ClFNO2/c14-11-5-1-3-9(12(11)15)7-16-6-2-4-10(8-16)13(17)18/h1,3,5,10H,2,4,6-8H2,(H,17,18). The van der Waals surface area contributed by atoms with Crippen LogP contribution < -0.4 is 0 Å². The molecule has 5 heteroatoms. The van der Waals surface area contributed by atoms with Crippen LogP contribution in [0.3, 0.4) is 0 Å². The molecule has 1 aliphatic rings. The van der Waals surface area contributed by atoms with Crippen molar-refractivity contribution >= 4 is 17.6 Å². The fraction of sp³-hybridized carbons (Fsp3) is 0.462. The van der Waals surface area contributed by atoms with Gasteiger partial charge < -0.3 is 5.11 Å². The molecule has 18 heavy (non-hydrogen) atoms. The Kier molecular flexibility index (Phi) is 4.19. The summed E-state index contributed by atoms with van der Waals surface area (Å²) in [6, 6.07) is 4.90. The summed E-state index contributed by atoms with van der Waals surface area (Å²) >= 11 is 5.72. The van der Waals surface area contributed by atoms with Crippen LogP contribution in [0.1, 0.15) is 18.4 Å². The Morgan fingerprint density at radius 3 is 3.06 bits per heavy atom. The van der Waals surface area contributed by atoms with Crippen molar-refractivity contribution in [2.24, 2.45) is 5.92 Å². The summed E-state index contributed by atoms with van der Waals surface area (Å²) < 4.78 is 13.7. The van der Waals surface area contributed by atoms with Gasteiger partial charge in [-0.1, -0.05) is 23.7 Å². The molecule has 1 saturated heterocycles. The molecule has 1 heterocycles. The first-order valence-electron chi connectivity index (χ1n) is 5.96. The summed E-state index contributed by atoms with van der Waals surface area (Å²) in [5.74, 6) is -1.52. The number of hydrogen-bond acceptors (Lipinski definition) is 2. The maximum absolute atomic E-state index is 13.7. The smallest absolute Gasteiger partial charge is 0.307 e. The first-order valence-corrected chi connectivity index (χ1v) is 6.34. The van der Waals surface area contributed by atoms with E-state index in [1.807, 2.05) is 4.90 Å². The Labute approximate surface area is 110 Å². The lowest BCUT2D eigenvalue weighted by molar-refractivity contribution is -0.143. The highest BCUT2D eigenvalue weighted by molar-refractivity contribution is 6.30. The van der Waals surface area contributed by atoms with Gasteiger partial charge in [-0.25, -0.2) is 4.39 Å². The molecule has 0 saturated carbocycles. The zero-order valence-corrected chi connectivity index (χ0v) is 10.7. The quantitative estimate of drug-likeness (QED) is 0.919. The number of halogens is 2. The molecule has 1 unspecified atom stereocenters. The molecule has 0 bridgehead atoms. The van der Waals surface area contributed by atoms with Crippen LogP contribution in [0, 0.1) is 11.7 Å². The highest BCUT2D eigenvalue weighted by Crippen LogP contribution is 2.22. The molecule has 1 atom stereocenters. The molecule has 0 amide bonds. The number of carbonyl (C=O) groups is 1. The van der Waals surface area contributed by atoms with E-state index >= 15 is 0 Å². The van der Waals surface area contributed by atoms with E-state index in [4.69, 9.17) is 16.7 Å². The molecule has 3 nitrogen and oxygen atoms in total. The fourth-order valence-corrected chi connectivity index (χ4v) is 2.51. The topological polar surface area (TPSA) is 40.5 Å². The molecule has 0 radical (unpaired) electrons. The van der Waals surface area contributed by atoms with Crippen molar-refractivity contribution in [1.82, 2.24) is 4.90 Å². The minimum Gasteiger partial charge on any atom is -0.481 e. The Hall–Kier alpha value is -1.13. The number of piperidine rings is 1. The highest BCUT2D eigenvalue weighted by Gasteiger charge is 2.25. The number of likely N-dealkylation sites (tertiary alicyclic amines) is 1.